The SMILES string of the molecule is C[C@@H](C(=O)N[C@H]1CC(=O)N[C@H]2CC(C)(C)CN2C1=O)N(C)C(=O)OC(C)(C)C. The third kappa shape index (κ3) is 5.14. The predicted molar refractivity (Wildman–Crippen MR) is 102 cm³/mol. The molecule has 2 rings (SSSR count). The number of hydrogen-bond donors (Lipinski definition) is 2. The van der Waals surface area contributed by atoms with Crippen molar-refractivity contribution < 1.29 is 23.9 Å². The summed E-state index contributed by atoms with van der Waals surface area (Å²) in [5.74, 6) is -1.08. The molecule has 0 radical (unpaired) electrons. The second kappa shape index (κ2) is 7.60. The Kier molecular flexibility index (Phi) is 5.96. The molecule has 0 bridgehead atoms. The third-order valence-corrected chi connectivity index (χ3v) is 4.98. The van der Waals surface area contributed by atoms with Crippen LogP contribution in [0.3, 0.4) is 0 Å². The second-order valence-corrected chi connectivity index (χ2v) is 9.45. The molecule has 2 N–H and O–H groups in total. The molecule has 0 aromatic heterocycles. The number of amides is 4. The first-order valence-corrected chi connectivity index (χ1v) is 9.56. The number of hydrogen-bond acceptors (Lipinski definition) is 5. The van der Waals surface area contributed by atoms with E-state index in [2.05, 4.69) is 10.6 Å². The fraction of sp³-hybridized carbons (Fsp3) is 0.789. The van der Waals surface area contributed by atoms with Crippen LogP contribution >= 0.6 is 0 Å². The highest BCUT2D eigenvalue weighted by Crippen LogP contribution is 2.34. The molecule has 3 atom stereocenters. The molecular weight excluding hydrogens is 364 g/mol. The number of rotatable bonds is 3. The molecule has 28 heavy (non-hydrogen) atoms. The molecule has 9 heteroatoms. The van der Waals surface area contributed by atoms with E-state index in [0.717, 1.165) is 0 Å². The molecule has 9 nitrogen and oxygen atoms in total. The van der Waals surface area contributed by atoms with E-state index in [4.69, 9.17) is 4.74 Å². The summed E-state index contributed by atoms with van der Waals surface area (Å²) in [5, 5.41) is 5.49. The topological polar surface area (TPSA) is 108 Å². The van der Waals surface area contributed by atoms with Crippen LogP contribution in [0.25, 0.3) is 0 Å². The fourth-order valence-corrected chi connectivity index (χ4v) is 3.42. The van der Waals surface area contributed by atoms with Gasteiger partial charge in [-0.3, -0.25) is 19.3 Å². The van der Waals surface area contributed by atoms with Gasteiger partial charge in [0.2, 0.25) is 17.7 Å². The lowest BCUT2D eigenvalue weighted by atomic mass is 9.92. The van der Waals surface area contributed by atoms with Gasteiger partial charge in [-0.2, -0.15) is 0 Å². The monoisotopic (exact) mass is 396 g/mol. The van der Waals surface area contributed by atoms with E-state index in [-0.39, 0.29) is 29.8 Å². The van der Waals surface area contributed by atoms with Gasteiger partial charge in [-0.05, 0) is 39.5 Å². The first-order chi connectivity index (χ1) is 12.7. The molecular formula is C19H32N4O5. The van der Waals surface area contributed by atoms with Crippen molar-refractivity contribution in [3.8, 4) is 0 Å². The molecule has 2 fully saturated rings. The molecule has 158 valence electrons. The molecule has 0 aromatic carbocycles. The highest BCUT2D eigenvalue weighted by molar-refractivity contribution is 5.95. The minimum Gasteiger partial charge on any atom is -0.444 e. The summed E-state index contributed by atoms with van der Waals surface area (Å²) < 4.78 is 5.27. The van der Waals surface area contributed by atoms with Crippen molar-refractivity contribution in [3.05, 3.63) is 0 Å². The van der Waals surface area contributed by atoms with Gasteiger partial charge in [0.1, 0.15) is 23.9 Å². The van der Waals surface area contributed by atoms with Gasteiger partial charge in [-0.25, -0.2) is 4.79 Å². The first-order valence-electron chi connectivity index (χ1n) is 9.56. The first kappa shape index (κ1) is 22.0. The second-order valence-electron chi connectivity index (χ2n) is 9.45. The summed E-state index contributed by atoms with van der Waals surface area (Å²) in [6, 6.07) is -1.82. The van der Waals surface area contributed by atoms with Gasteiger partial charge < -0.3 is 20.3 Å². The van der Waals surface area contributed by atoms with E-state index in [1.165, 1.54) is 11.9 Å². The Morgan fingerprint density at radius 2 is 1.93 bits per heavy atom. The van der Waals surface area contributed by atoms with Crippen molar-refractivity contribution in [1.29, 1.82) is 0 Å². The standard InChI is InChI=1S/C19H32N4O5/c1-11(22(7)17(27)28-18(2,3)4)15(25)20-12-8-14(24)21-13-9-19(5,6)10-23(13)16(12)26/h11-13H,8-10H2,1-7H3,(H,20,25)(H,21,24)/t11-,12-,13+/m0/s1. The van der Waals surface area contributed by atoms with Gasteiger partial charge in [0.05, 0.1) is 6.42 Å². The summed E-state index contributed by atoms with van der Waals surface area (Å²) in [6.07, 6.45) is -0.440. The maximum absolute atomic E-state index is 12.9. The van der Waals surface area contributed by atoms with Gasteiger partial charge in [0, 0.05) is 13.6 Å². The van der Waals surface area contributed by atoms with E-state index in [1.807, 2.05) is 13.8 Å². The number of fused-ring (bicyclic) bond motifs is 1. The maximum atomic E-state index is 12.9. The minimum absolute atomic E-state index is 0.107. The highest BCUT2D eigenvalue weighted by atomic mass is 16.6. The van der Waals surface area contributed by atoms with E-state index in [1.54, 1.807) is 32.6 Å². The van der Waals surface area contributed by atoms with Crippen LogP contribution in [0.2, 0.25) is 0 Å². The molecule has 0 aromatic rings. The number of likely N-dealkylation sites (N-methyl/N-ethyl adjacent to an activating group) is 1. The maximum Gasteiger partial charge on any atom is 0.410 e. The van der Waals surface area contributed by atoms with Crippen molar-refractivity contribution in [2.24, 2.45) is 5.41 Å². The molecule has 0 aliphatic carbocycles. The Morgan fingerprint density at radius 3 is 2.50 bits per heavy atom. The molecule has 2 saturated heterocycles. The van der Waals surface area contributed by atoms with Crippen LogP contribution in [-0.4, -0.2) is 71.1 Å². The summed E-state index contributed by atoms with van der Waals surface area (Å²) >= 11 is 0. The normalized spacial score (nSPS) is 25.3. The molecule has 2 aliphatic heterocycles. The van der Waals surface area contributed by atoms with Crippen LogP contribution in [0.15, 0.2) is 0 Å². The van der Waals surface area contributed by atoms with Crippen LogP contribution in [0, 0.1) is 5.41 Å². The lowest BCUT2D eigenvalue weighted by molar-refractivity contribution is -0.138. The van der Waals surface area contributed by atoms with Crippen molar-refractivity contribution in [2.75, 3.05) is 13.6 Å². The van der Waals surface area contributed by atoms with E-state index >= 15 is 0 Å². The largest absolute Gasteiger partial charge is 0.444 e. The smallest absolute Gasteiger partial charge is 0.410 e. The number of nitrogens with zero attached hydrogens (tertiary/aromatic N) is 2. The lowest BCUT2D eigenvalue weighted by Crippen LogP contribution is -2.54. The third-order valence-electron chi connectivity index (χ3n) is 4.98. The van der Waals surface area contributed by atoms with Gasteiger partial charge in [0.25, 0.3) is 0 Å². The average Bonchev–Trinajstić information content (AvgIpc) is 2.79. The van der Waals surface area contributed by atoms with E-state index < -0.39 is 29.7 Å². The van der Waals surface area contributed by atoms with Crippen molar-refractivity contribution in [3.63, 3.8) is 0 Å². The van der Waals surface area contributed by atoms with Crippen LogP contribution in [0.4, 0.5) is 4.79 Å². The van der Waals surface area contributed by atoms with Gasteiger partial charge >= 0.3 is 6.09 Å². The van der Waals surface area contributed by atoms with Crippen molar-refractivity contribution in [1.82, 2.24) is 20.4 Å². The quantitative estimate of drug-likeness (QED) is 0.735. The molecule has 2 heterocycles. The predicted octanol–water partition coefficient (Wildman–Crippen LogP) is 0.831. The van der Waals surface area contributed by atoms with Crippen LogP contribution in [-0.2, 0) is 19.1 Å². The Labute approximate surface area is 166 Å². The summed E-state index contributed by atoms with van der Waals surface area (Å²) in [5.41, 5.74) is -0.793. The zero-order valence-corrected chi connectivity index (χ0v) is 17.8. The van der Waals surface area contributed by atoms with Crippen molar-refractivity contribution >= 4 is 23.8 Å². The highest BCUT2D eigenvalue weighted by Gasteiger charge is 2.45. The average molecular weight is 396 g/mol. The van der Waals surface area contributed by atoms with Crippen LogP contribution in [0.5, 0.6) is 0 Å². The summed E-state index contributed by atoms with van der Waals surface area (Å²) in [6.45, 7) is 11.3. The van der Waals surface area contributed by atoms with Crippen LogP contribution in [0.1, 0.15) is 54.4 Å². The zero-order chi connectivity index (χ0) is 21.4. The molecule has 4 amide bonds. The van der Waals surface area contributed by atoms with Gasteiger partial charge in [0.15, 0.2) is 0 Å². The Morgan fingerprint density at radius 1 is 1.32 bits per heavy atom. The zero-order valence-electron chi connectivity index (χ0n) is 17.8. The number of carbonyl (C=O) groups excluding carboxylic acids is 4. The fourth-order valence-electron chi connectivity index (χ4n) is 3.42. The van der Waals surface area contributed by atoms with Crippen molar-refractivity contribution in [2.45, 2.75) is 78.2 Å². The van der Waals surface area contributed by atoms with Gasteiger partial charge in [-0.1, -0.05) is 13.8 Å². The minimum atomic E-state index is -0.958. The van der Waals surface area contributed by atoms with Crippen LogP contribution < -0.4 is 10.6 Å². The number of carbonyl (C=O) groups is 4. The van der Waals surface area contributed by atoms with E-state index in [0.29, 0.717) is 13.0 Å². The molecule has 0 spiro atoms. The number of nitrogens with one attached hydrogen (secondary N) is 2. The van der Waals surface area contributed by atoms with E-state index in [9.17, 15) is 19.2 Å². The lowest BCUT2D eigenvalue weighted by Gasteiger charge is -2.29. The Bertz CT molecular complexity index is 670. The summed E-state index contributed by atoms with van der Waals surface area (Å²) in [4.78, 5) is 52.8. The molecule has 0 unspecified atom stereocenters. The summed E-state index contributed by atoms with van der Waals surface area (Å²) in [7, 11) is 1.46. The van der Waals surface area contributed by atoms with Gasteiger partial charge in [-0.15, -0.1) is 0 Å². The number of ether oxygens (including phenoxy) is 1. The Balaban J connectivity index is 2.06. The Hall–Kier alpha value is -2.32. The molecule has 2 aliphatic rings. The molecule has 0 saturated carbocycles.